The molecule has 6 nitrogen and oxygen atoms in total. The molecule has 0 amide bonds. The molecule has 1 N–H and O–H groups in total. The molecule has 0 aromatic carbocycles. The van der Waals surface area contributed by atoms with E-state index in [1.807, 2.05) is 15.9 Å². The minimum atomic E-state index is 0.285. The number of pyridine rings is 1. The number of H-pyrrole nitrogens is 1. The highest BCUT2D eigenvalue weighted by Crippen LogP contribution is 2.52. The molecule has 1 aliphatic heterocycles. The molecule has 0 radical (unpaired) electrons. The number of hydrogen-bond donors (Lipinski definition) is 1. The van der Waals surface area contributed by atoms with E-state index < -0.39 is 0 Å². The third-order valence-electron chi connectivity index (χ3n) is 7.80. The Morgan fingerprint density at radius 2 is 2.12 bits per heavy atom. The Bertz CT molecular complexity index is 1390. The van der Waals surface area contributed by atoms with Crippen molar-refractivity contribution in [3.8, 4) is 11.3 Å². The highest BCUT2D eigenvalue weighted by molar-refractivity contribution is 7.19. The quantitative estimate of drug-likeness (QED) is 0.429. The Kier molecular flexibility index (Phi) is 4.79. The lowest BCUT2D eigenvalue weighted by atomic mass is 9.89. The molecule has 2 bridgehead atoms. The van der Waals surface area contributed by atoms with Crippen molar-refractivity contribution in [3.63, 3.8) is 0 Å². The fourth-order valence-corrected chi connectivity index (χ4v) is 7.92. The maximum absolute atomic E-state index is 11.6. The number of aromatic nitrogens is 4. The highest BCUT2D eigenvalue weighted by atomic mass is 32.1. The van der Waals surface area contributed by atoms with Gasteiger partial charge >= 0.3 is 0 Å². The summed E-state index contributed by atoms with van der Waals surface area (Å²) in [7, 11) is 0. The molecule has 33 heavy (non-hydrogen) atoms. The number of carbonyl (C=O) groups is 1. The van der Waals surface area contributed by atoms with Gasteiger partial charge in [-0.3, -0.25) is 9.69 Å². The topological polar surface area (TPSA) is 66.3 Å². The number of ketones is 1. The van der Waals surface area contributed by atoms with Crippen molar-refractivity contribution in [1.82, 2.24) is 24.5 Å². The van der Waals surface area contributed by atoms with Crippen LogP contribution in [0.3, 0.4) is 0 Å². The van der Waals surface area contributed by atoms with Crippen LogP contribution in [0, 0.1) is 19.8 Å². The van der Waals surface area contributed by atoms with Crippen molar-refractivity contribution >= 4 is 33.0 Å². The maximum atomic E-state index is 11.6. The molecule has 4 aromatic rings. The first-order valence-electron chi connectivity index (χ1n) is 12.0. The monoisotopic (exact) mass is 461 g/mol. The van der Waals surface area contributed by atoms with E-state index in [9.17, 15) is 4.79 Å². The van der Waals surface area contributed by atoms with E-state index in [0.717, 1.165) is 17.8 Å². The second-order valence-corrected chi connectivity index (χ2v) is 11.5. The average molecular weight is 462 g/mol. The molecule has 7 heteroatoms. The number of fused-ring (bicyclic) bond motifs is 4. The van der Waals surface area contributed by atoms with Crippen LogP contribution in [0.1, 0.15) is 67.0 Å². The summed E-state index contributed by atoms with van der Waals surface area (Å²) in [6.07, 6.45) is 6.13. The third-order valence-corrected chi connectivity index (χ3v) is 9.14. The lowest BCUT2D eigenvalue weighted by Gasteiger charge is -2.30. The second-order valence-electron chi connectivity index (χ2n) is 10.4. The molecule has 3 atom stereocenters. The number of piperidine rings is 1. The van der Waals surface area contributed by atoms with Crippen molar-refractivity contribution in [3.05, 3.63) is 40.2 Å². The second kappa shape index (κ2) is 7.50. The summed E-state index contributed by atoms with van der Waals surface area (Å²) in [5.41, 5.74) is 7.28. The number of nitrogens with one attached hydrogen (secondary N) is 1. The summed E-state index contributed by atoms with van der Waals surface area (Å²) in [6, 6.07) is 2.79. The fourth-order valence-electron chi connectivity index (χ4n) is 6.49. The number of aryl methyl sites for hydroxylation is 2. The number of nitrogens with zero attached hydrogens (tertiary/aromatic N) is 4. The van der Waals surface area contributed by atoms with Crippen LogP contribution in [0.4, 0.5) is 0 Å². The zero-order valence-corrected chi connectivity index (χ0v) is 20.8. The van der Waals surface area contributed by atoms with Crippen LogP contribution >= 0.6 is 11.3 Å². The zero-order chi connectivity index (χ0) is 23.0. The van der Waals surface area contributed by atoms with Crippen molar-refractivity contribution < 1.29 is 4.79 Å². The van der Waals surface area contributed by atoms with Gasteiger partial charge in [-0.15, -0.1) is 11.3 Å². The van der Waals surface area contributed by atoms with Crippen LogP contribution in [-0.4, -0.2) is 49.4 Å². The number of rotatable bonds is 5. The van der Waals surface area contributed by atoms with Gasteiger partial charge in [-0.2, -0.15) is 5.10 Å². The summed E-state index contributed by atoms with van der Waals surface area (Å²) in [5.74, 6) is 2.00. The van der Waals surface area contributed by atoms with Crippen LogP contribution in [0.25, 0.3) is 27.1 Å². The van der Waals surface area contributed by atoms with Gasteiger partial charge < -0.3 is 4.98 Å². The predicted octanol–water partition coefficient (Wildman–Crippen LogP) is 5.45. The van der Waals surface area contributed by atoms with Gasteiger partial charge in [0.15, 0.2) is 5.65 Å². The fraction of sp³-hybridized carbons (Fsp3) is 0.500. The zero-order valence-electron chi connectivity index (χ0n) is 20.0. The summed E-state index contributed by atoms with van der Waals surface area (Å²) in [5, 5.41) is 5.80. The van der Waals surface area contributed by atoms with Crippen molar-refractivity contribution in [2.24, 2.45) is 5.92 Å². The van der Waals surface area contributed by atoms with Crippen molar-refractivity contribution in [1.29, 1.82) is 0 Å². The normalized spacial score (nSPS) is 23.0. The molecule has 1 saturated heterocycles. The number of aromatic amines is 1. The lowest BCUT2D eigenvalue weighted by Crippen LogP contribution is -2.37. The standard InChI is InChI=1S/C26H31N5OS/c1-13(2)21-22-16(5)24(20-8-19-7-17(20)10-30(19)9-15(4)32)33-26(22)29-23(21)18-6-14(3)25-27-12-28-31(25)11-18/h6,11-13,17,19-20,29H,7-10H2,1-5H3/t17-,19?,20+/m0/s1. The van der Waals surface area contributed by atoms with E-state index >= 15 is 0 Å². The van der Waals surface area contributed by atoms with Gasteiger partial charge in [0.05, 0.1) is 12.2 Å². The van der Waals surface area contributed by atoms with E-state index in [2.05, 4.69) is 59.9 Å². The van der Waals surface area contributed by atoms with Gasteiger partial charge in [0.1, 0.15) is 16.9 Å². The van der Waals surface area contributed by atoms with Crippen LogP contribution in [-0.2, 0) is 4.79 Å². The first kappa shape index (κ1) is 21.1. The third kappa shape index (κ3) is 3.20. The molecule has 2 fully saturated rings. The van der Waals surface area contributed by atoms with E-state index in [-0.39, 0.29) is 5.78 Å². The van der Waals surface area contributed by atoms with Gasteiger partial charge in [0.25, 0.3) is 0 Å². The Balaban J connectivity index is 1.41. The Morgan fingerprint density at radius 3 is 2.82 bits per heavy atom. The van der Waals surface area contributed by atoms with Gasteiger partial charge in [-0.25, -0.2) is 9.50 Å². The largest absolute Gasteiger partial charge is 0.346 e. The maximum Gasteiger partial charge on any atom is 0.158 e. The first-order chi connectivity index (χ1) is 15.8. The SMILES string of the molecule is CC(=O)CN1C[C@@H]2CC1C[C@H]2c1sc2[nH]c(-c3cc(C)c4ncnn4c3)c(C(C)C)c2c1C. The van der Waals surface area contributed by atoms with E-state index in [0.29, 0.717) is 30.3 Å². The molecule has 6 rings (SSSR count). The minimum Gasteiger partial charge on any atom is -0.346 e. The molecule has 1 saturated carbocycles. The van der Waals surface area contributed by atoms with Crippen molar-refractivity contribution in [2.75, 3.05) is 13.1 Å². The summed E-state index contributed by atoms with van der Waals surface area (Å²) in [6.45, 7) is 12.4. The summed E-state index contributed by atoms with van der Waals surface area (Å²) in [4.78, 5) is 25.1. The summed E-state index contributed by atoms with van der Waals surface area (Å²) < 4.78 is 1.88. The van der Waals surface area contributed by atoms with Crippen LogP contribution in [0.15, 0.2) is 18.6 Å². The number of carbonyl (C=O) groups excluding carboxylic acids is 1. The number of Topliss-reactive ketones (excluding diaryl/α,β-unsaturated/α-hetero) is 1. The van der Waals surface area contributed by atoms with Crippen LogP contribution in [0.2, 0.25) is 0 Å². The number of thiophene rings is 1. The van der Waals surface area contributed by atoms with E-state index in [1.165, 1.54) is 45.4 Å². The summed E-state index contributed by atoms with van der Waals surface area (Å²) >= 11 is 1.96. The molecular weight excluding hydrogens is 430 g/mol. The Hall–Kier alpha value is -2.51. The van der Waals surface area contributed by atoms with E-state index in [4.69, 9.17) is 0 Å². The number of hydrogen-bond acceptors (Lipinski definition) is 5. The van der Waals surface area contributed by atoms with E-state index in [1.54, 1.807) is 18.1 Å². The molecule has 4 aromatic heterocycles. The van der Waals surface area contributed by atoms with Crippen LogP contribution in [0.5, 0.6) is 0 Å². The molecule has 2 aliphatic rings. The Morgan fingerprint density at radius 1 is 1.30 bits per heavy atom. The van der Waals surface area contributed by atoms with Crippen molar-refractivity contribution in [2.45, 2.75) is 65.3 Å². The smallest absolute Gasteiger partial charge is 0.158 e. The predicted molar refractivity (Wildman–Crippen MR) is 133 cm³/mol. The molecule has 172 valence electrons. The average Bonchev–Trinajstić information content (AvgIpc) is 3.53. The van der Waals surface area contributed by atoms with Crippen LogP contribution < -0.4 is 0 Å². The van der Waals surface area contributed by atoms with Gasteiger partial charge in [-0.1, -0.05) is 13.8 Å². The molecule has 1 unspecified atom stereocenters. The molecule has 1 aliphatic carbocycles. The molecular formula is C26H31N5OS. The highest BCUT2D eigenvalue weighted by Gasteiger charge is 2.46. The molecule has 5 heterocycles. The lowest BCUT2D eigenvalue weighted by molar-refractivity contribution is -0.118. The minimum absolute atomic E-state index is 0.285. The first-order valence-corrected chi connectivity index (χ1v) is 12.8. The van der Waals surface area contributed by atoms with Gasteiger partial charge in [0.2, 0.25) is 0 Å². The molecule has 0 spiro atoms. The number of likely N-dealkylation sites (tertiary alicyclic amines) is 1. The van der Waals surface area contributed by atoms with Gasteiger partial charge in [0, 0.05) is 34.6 Å². The van der Waals surface area contributed by atoms with Gasteiger partial charge in [-0.05, 0) is 74.1 Å². The Labute approximate surface area is 198 Å².